The van der Waals surface area contributed by atoms with E-state index in [0.29, 0.717) is 24.5 Å². The Morgan fingerprint density at radius 2 is 1.63 bits per heavy atom. The van der Waals surface area contributed by atoms with E-state index in [1.54, 1.807) is 19.1 Å². The summed E-state index contributed by atoms with van der Waals surface area (Å²) in [6.45, 7) is 5.93. The van der Waals surface area contributed by atoms with E-state index in [9.17, 15) is 9.18 Å². The number of nitrogens with one attached hydrogen (secondary N) is 1. The zero-order valence-electron chi connectivity index (χ0n) is 15.2. The van der Waals surface area contributed by atoms with Gasteiger partial charge in [-0.15, -0.1) is 0 Å². The number of nitrogens with zero attached hydrogens (tertiary/aromatic N) is 1. The van der Waals surface area contributed by atoms with Crippen LogP contribution >= 0.6 is 0 Å². The number of allylic oxidation sites excluding steroid dienone is 1. The van der Waals surface area contributed by atoms with Crippen LogP contribution in [0.5, 0.6) is 0 Å². The van der Waals surface area contributed by atoms with E-state index in [4.69, 9.17) is 17.3 Å². The number of nitrogens with two attached hydrogens (primary N) is 3. The van der Waals surface area contributed by atoms with Gasteiger partial charge in [-0.1, -0.05) is 43.0 Å². The number of hydrazine groups is 1. The van der Waals surface area contributed by atoms with Gasteiger partial charge < -0.3 is 21.8 Å². The Bertz CT molecular complexity index is 844. The predicted molar refractivity (Wildman–Crippen MR) is 105 cm³/mol. The minimum Gasteiger partial charge on any atom is -0.399 e. The number of rotatable bonds is 7. The van der Waals surface area contributed by atoms with Gasteiger partial charge in [0.1, 0.15) is 11.5 Å². The quantitative estimate of drug-likeness (QED) is 0.339. The average Bonchev–Trinajstić information content (AvgIpc) is 2.66. The molecule has 0 bridgehead atoms. The summed E-state index contributed by atoms with van der Waals surface area (Å²) in [5, 5.41) is 4.10. The Kier molecular flexibility index (Phi) is 6.56. The fourth-order valence-electron chi connectivity index (χ4n) is 2.34. The van der Waals surface area contributed by atoms with Crippen LogP contribution in [0.2, 0.25) is 0 Å². The lowest BCUT2D eigenvalue weighted by Gasteiger charge is -2.21. The SMILES string of the molecule is C=C(N)c1ccc(CNC(=O)/C(N)=C(\C)N(N)Cc2ccc(F)cc2)cc1. The van der Waals surface area contributed by atoms with Crippen molar-refractivity contribution in [3.05, 3.63) is 89.0 Å². The molecule has 7 heteroatoms. The molecule has 2 rings (SSSR count). The summed E-state index contributed by atoms with van der Waals surface area (Å²) >= 11 is 0. The van der Waals surface area contributed by atoms with Crippen LogP contribution in [0.15, 0.2) is 66.5 Å². The lowest BCUT2D eigenvalue weighted by atomic mass is 10.1. The maximum atomic E-state index is 13.0. The van der Waals surface area contributed by atoms with Crippen molar-refractivity contribution in [3.63, 3.8) is 0 Å². The summed E-state index contributed by atoms with van der Waals surface area (Å²) in [5.74, 6) is 5.24. The molecule has 0 saturated carbocycles. The third kappa shape index (κ3) is 5.58. The molecule has 1 amide bonds. The van der Waals surface area contributed by atoms with E-state index in [1.165, 1.54) is 17.1 Å². The number of benzene rings is 2. The van der Waals surface area contributed by atoms with Gasteiger partial charge in [0.2, 0.25) is 0 Å². The standard InChI is InChI=1S/C20H24FN5O/c1-13(22)17-7-3-15(4-8-17)11-25-20(27)19(23)14(2)26(24)12-16-5-9-18(21)10-6-16/h3-10H,1,11-12,22-24H2,2H3,(H,25,27)/b19-14-. The highest BCUT2D eigenvalue weighted by Crippen LogP contribution is 2.11. The molecule has 2 aromatic carbocycles. The number of carbonyl (C=O) groups excluding carboxylic acids is 1. The minimum absolute atomic E-state index is 0.0200. The fourth-order valence-corrected chi connectivity index (χ4v) is 2.34. The molecular weight excluding hydrogens is 345 g/mol. The molecule has 0 spiro atoms. The summed E-state index contributed by atoms with van der Waals surface area (Å²) in [6.07, 6.45) is 0. The lowest BCUT2D eigenvalue weighted by molar-refractivity contribution is -0.117. The summed E-state index contributed by atoms with van der Waals surface area (Å²) in [5.41, 5.74) is 15.0. The number of carbonyl (C=O) groups is 1. The molecule has 2 aromatic rings. The molecule has 142 valence electrons. The molecule has 0 aliphatic carbocycles. The molecule has 27 heavy (non-hydrogen) atoms. The maximum Gasteiger partial charge on any atom is 0.269 e. The first kappa shape index (κ1) is 20.0. The monoisotopic (exact) mass is 369 g/mol. The van der Waals surface area contributed by atoms with Gasteiger partial charge in [-0.2, -0.15) is 0 Å². The molecule has 0 radical (unpaired) electrons. The summed E-state index contributed by atoms with van der Waals surface area (Å²) in [4.78, 5) is 12.3. The van der Waals surface area contributed by atoms with Crippen molar-refractivity contribution < 1.29 is 9.18 Å². The van der Waals surface area contributed by atoms with Gasteiger partial charge in [-0.3, -0.25) is 4.79 Å². The van der Waals surface area contributed by atoms with Crippen LogP contribution in [0.4, 0.5) is 4.39 Å². The zero-order chi connectivity index (χ0) is 20.0. The Labute approximate surface area is 158 Å². The van der Waals surface area contributed by atoms with Crippen molar-refractivity contribution in [2.45, 2.75) is 20.0 Å². The Morgan fingerprint density at radius 1 is 1.07 bits per heavy atom. The van der Waals surface area contributed by atoms with E-state index < -0.39 is 5.91 Å². The van der Waals surface area contributed by atoms with Crippen molar-refractivity contribution in [2.24, 2.45) is 17.3 Å². The Balaban J connectivity index is 1.96. The molecule has 6 nitrogen and oxygen atoms in total. The first-order chi connectivity index (χ1) is 12.8. The van der Waals surface area contributed by atoms with Gasteiger partial charge in [-0.05, 0) is 35.7 Å². The van der Waals surface area contributed by atoms with Crippen LogP contribution in [0.3, 0.4) is 0 Å². The van der Waals surface area contributed by atoms with E-state index in [1.807, 2.05) is 24.3 Å². The van der Waals surface area contributed by atoms with Crippen molar-refractivity contribution in [1.29, 1.82) is 0 Å². The molecule has 7 N–H and O–H groups in total. The second-order valence-electron chi connectivity index (χ2n) is 6.16. The smallest absolute Gasteiger partial charge is 0.269 e. The number of halogens is 1. The maximum absolute atomic E-state index is 13.0. The van der Waals surface area contributed by atoms with E-state index in [2.05, 4.69) is 11.9 Å². The summed E-state index contributed by atoms with van der Waals surface area (Å²) in [6, 6.07) is 13.3. The zero-order valence-corrected chi connectivity index (χ0v) is 15.2. The van der Waals surface area contributed by atoms with Crippen LogP contribution in [0.1, 0.15) is 23.6 Å². The molecule has 0 aliphatic rings. The molecule has 0 saturated heterocycles. The van der Waals surface area contributed by atoms with Gasteiger partial charge in [0.25, 0.3) is 5.91 Å². The van der Waals surface area contributed by atoms with Crippen LogP contribution in [0, 0.1) is 5.82 Å². The van der Waals surface area contributed by atoms with Crippen LogP contribution in [0.25, 0.3) is 5.70 Å². The van der Waals surface area contributed by atoms with Gasteiger partial charge in [0.05, 0.1) is 12.2 Å². The van der Waals surface area contributed by atoms with E-state index in [0.717, 1.165) is 16.7 Å². The van der Waals surface area contributed by atoms with Gasteiger partial charge in [0, 0.05) is 12.2 Å². The molecule has 0 aliphatic heterocycles. The average molecular weight is 369 g/mol. The van der Waals surface area contributed by atoms with E-state index >= 15 is 0 Å². The van der Waals surface area contributed by atoms with Crippen LogP contribution in [-0.4, -0.2) is 10.9 Å². The third-order valence-corrected chi connectivity index (χ3v) is 4.11. The second kappa shape index (κ2) is 8.86. The second-order valence-corrected chi connectivity index (χ2v) is 6.16. The first-order valence-corrected chi connectivity index (χ1v) is 8.33. The Morgan fingerprint density at radius 3 is 2.19 bits per heavy atom. The van der Waals surface area contributed by atoms with Crippen molar-refractivity contribution >= 4 is 11.6 Å². The number of hydrogen-bond donors (Lipinski definition) is 4. The lowest BCUT2D eigenvalue weighted by Crippen LogP contribution is -2.35. The normalized spacial score (nSPS) is 11.5. The summed E-state index contributed by atoms with van der Waals surface area (Å²) in [7, 11) is 0. The fraction of sp³-hybridized carbons (Fsp3) is 0.150. The summed E-state index contributed by atoms with van der Waals surface area (Å²) < 4.78 is 13.0. The highest BCUT2D eigenvalue weighted by molar-refractivity contribution is 5.92. The van der Waals surface area contributed by atoms with Crippen LogP contribution in [-0.2, 0) is 17.9 Å². The Hall–Kier alpha value is -3.32. The largest absolute Gasteiger partial charge is 0.399 e. The van der Waals surface area contributed by atoms with Crippen LogP contribution < -0.4 is 22.6 Å². The predicted octanol–water partition coefficient (Wildman–Crippen LogP) is 1.94. The van der Waals surface area contributed by atoms with Gasteiger partial charge in [0.15, 0.2) is 0 Å². The van der Waals surface area contributed by atoms with Crippen molar-refractivity contribution in [3.8, 4) is 0 Å². The van der Waals surface area contributed by atoms with E-state index in [-0.39, 0.29) is 11.5 Å². The van der Waals surface area contributed by atoms with Crippen molar-refractivity contribution in [2.75, 3.05) is 0 Å². The first-order valence-electron chi connectivity index (χ1n) is 8.33. The number of amides is 1. The van der Waals surface area contributed by atoms with Gasteiger partial charge >= 0.3 is 0 Å². The molecule has 0 aromatic heterocycles. The van der Waals surface area contributed by atoms with Crippen molar-refractivity contribution in [1.82, 2.24) is 10.3 Å². The topological polar surface area (TPSA) is 110 Å². The molecule has 0 fully saturated rings. The number of hydrogen-bond acceptors (Lipinski definition) is 5. The molecular formula is C20H24FN5O. The highest BCUT2D eigenvalue weighted by atomic mass is 19.1. The third-order valence-electron chi connectivity index (χ3n) is 4.11. The minimum atomic E-state index is -0.422. The van der Waals surface area contributed by atoms with Gasteiger partial charge in [-0.25, -0.2) is 10.2 Å². The molecule has 0 unspecified atom stereocenters. The molecule has 0 heterocycles. The molecule has 0 atom stereocenters. The highest BCUT2D eigenvalue weighted by Gasteiger charge is 2.13.